The van der Waals surface area contributed by atoms with Gasteiger partial charge in [0.25, 0.3) is 5.91 Å². The largest absolute Gasteiger partial charge is 0.397 e. The second kappa shape index (κ2) is 5.61. The fraction of sp³-hybridized carbons (Fsp3) is 0.467. The second-order valence-electron chi connectivity index (χ2n) is 5.41. The molecule has 0 bridgehead atoms. The minimum atomic E-state index is -0.0122. The quantitative estimate of drug-likeness (QED) is 0.925. The van der Waals surface area contributed by atoms with Gasteiger partial charge >= 0.3 is 0 Å². The maximum absolute atomic E-state index is 12.7. The number of anilines is 1. The van der Waals surface area contributed by atoms with Crippen LogP contribution < -0.4 is 5.73 Å². The lowest BCUT2D eigenvalue weighted by Crippen LogP contribution is -2.40. The van der Waals surface area contributed by atoms with Crippen molar-refractivity contribution < 1.29 is 9.53 Å². The third-order valence-electron chi connectivity index (χ3n) is 4.09. The molecule has 5 nitrogen and oxygen atoms in total. The molecule has 112 valence electrons. The lowest BCUT2D eigenvalue weighted by molar-refractivity contribution is 0.0365. The standard InChI is InChI=1S/C15H19N3O2S/c1-9-3-6-17-14-11(9)12(16)13(21-14)15(19)18(2)10-4-7-20-8-5-10/h3,6,10H,4-5,7-8,16H2,1-2H3. The van der Waals surface area contributed by atoms with E-state index in [4.69, 9.17) is 10.5 Å². The third-order valence-corrected chi connectivity index (χ3v) is 5.19. The van der Waals surface area contributed by atoms with Crippen molar-refractivity contribution >= 4 is 33.1 Å². The van der Waals surface area contributed by atoms with Gasteiger partial charge in [-0.05, 0) is 31.4 Å². The van der Waals surface area contributed by atoms with E-state index in [1.165, 1.54) is 11.3 Å². The Bertz CT molecular complexity index is 677. The Morgan fingerprint density at radius 1 is 1.48 bits per heavy atom. The van der Waals surface area contributed by atoms with Crippen molar-refractivity contribution in [1.82, 2.24) is 9.88 Å². The van der Waals surface area contributed by atoms with E-state index in [0.717, 1.165) is 28.6 Å². The number of hydrogen-bond donors (Lipinski definition) is 1. The number of carbonyl (C=O) groups excluding carboxylic acids is 1. The molecule has 0 radical (unpaired) electrons. The van der Waals surface area contributed by atoms with E-state index in [-0.39, 0.29) is 11.9 Å². The minimum absolute atomic E-state index is 0.0122. The van der Waals surface area contributed by atoms with Crippen LogP contribution in [-0.2, 0) is 4.74 Å². The number of nitrogens with two attached hydrogens (primary N) is 1. The molecule has 1 saturated heterocycles. The molecule has 0 aliphatic carbocycles. The van der Waals surface area contributed by atoms with Crippen molar-refractivity contribution in [2.24, 2.45) is 0 Å². The normalized spacial score (nSPS) is 16.3. The van der Waals surface area contributed by atoms with Gasteiger partial charge in [0.15, 0.2) is 0 Å². The second-order valence-corrected chi connectivity index (χ2v) is 6.41. The van der Waals surface area contributed by atoms with Crippen LogP contribution >= 0.6 is 11.3 Å². The molecule has 3 rings (SSSR count). The van der Waals surface area contributed by atoms with Gasteiger partial charge in [-0.3, -0.25) is 4.79 Å². The summed E-state index contributed by atoms with van der Waals surface area (Å²) in [4.78, 5) is 20.3. The van der Waals surface area contributed by atoms with E-state index < -0.39 is 0 Å². The number of amides is 1. The van der Waals surface area contributed by atoms with Crippen molar-refractivity contribution in [1.29, 1.82) is 0 Å². The number of pyridine rings is 1. The summed E-state index contributed by atoms with van der Waals surface area (Å²) in [5.74, 6) is -0.0122. The Morgan fingerprint density at radius 2 is 2.19 bits per heavy atom. The zero-order valence-corrected chi connectivity index (χ0v) is 13.1. The van der Waals surface area contributed by atoms with E-state index in [9.17, 15) is 4.79 Å². The zero-order valence-electron chi connectivity index (χ0n) is 12.3. The van der Waals surface area contributed by atoms with Gasteiger partial charge in [0, 0.05) is 37.9 Å². The molecule has 2 N–H and O–H groups in total. The van der Waals surface area contributed by atoms with E-state index >= 15 is 0 Å². The molecule has 1 fully saturated rings. The molecule has 21 heavy (non-hydrogen) atoms. The molecule has 0 unspecified atom stereocenters. The summed E-state index contributed by atoms with van der Waals surface area (Å²) >= 11 is 1.38. The van der Waals surface area contributed by atoms with Gasteiger partial charge < -0.3 is 15.4 Å². The van der Waals surface area contributed by atoms with Gasteiger partial charge in [0.1, 0.15) is 9.71 Å². The van der Waals surface area contributed by atoms with Crippen LogP contribution in [0, 0.1) is 6.92 Å². The number of nitrogens with zero attached hydrogens (tertiary/aromatic N) is 2. The first-order valence-corrected chi connectivity index (χ1v) is 7.89. The average molecular weight is 305 g/mol. The van der Waals surface area contributed by atoms with E-state index in [1.807, 2.05) is 20.0 Å². The highest BCUT2D eigenvalue weighted by Gasteiger charge is 2.27. The Hall–Kier alpha value is -1.66. The maximum atomic E-state index is 12.7. The molecule has 0 spiro atoms. The van der Waals surface area contributed by atoms with Gasteiger partial charge in [-0.1, -0.05) is 0 Å². The number of aryl methyl sites for hydroxylation is 1. The van der Waals surface area contributed by atoms with Crippen molar-refractivity contribution in [3.05, 3.63) is 22.7 Å². The molecule has 1 aliphatic heterocycles. The first kappa shape index (κ1) is 14.3. The van der Waals surface area contributed by atoms with Crippen molar-refractivity contribution in [2.75, 3.05) is 26.0 Å². The summed E-state index contributed by atoms with van der Waals surface area (Å²) in [6.45, 7) is 3.42. The number of carbonyl (C=O) groups is 1. The van der Waals surface area contributed by atoms with Gasteiger partial charge in [0.05, 0.1) is 5.69 Å². The average Bonchev–Trinajstić information content (AvgIpc) is 2.85. The van der Waals surface area contributed by atoms with Crippen LogP contribution in [0.25, 0.3) is 10.2 Å². The van der Waals surface area contributed by atoms with Crippen molar-refractivity contribution in [3.8, 4) is 0 Å². The van der Waals surface area contributed by atoms with Crippen molar-refractivity contribution in [2.45, 2.75) is 25.8 Å². The molecule has 2 aromatic heterocycles. The predicted molar refractivity (Wildman–Crippen MR) is 84.7 cm³/mol. The molecule has 0 saturated carbocycles. The zero-order chi connectivity index (χ0) is 15.0. The van der Waals surface area contributed by atoms with E-state index in [1.54, 1.807) is 11.1 Å². The van der Waals surface area contributed by atoms with Gasteiger partial charge in [-0.15, -0.1) is 11.3 Å². The van der Waals surface area contributed by atoms with Gasteiger partial charge in [-0.25, -0.2) is 4.98 Å². The molecule has 3 heterocycles. The first-order valence-electron chi connectivity index (χ1n) is 7.08. The SMILES string of the molecule is Cc1ccnc2sc(C(=O)N(C)C3CCOCC3)c(N)c12. The number of hydrogen-bond acceptors (Lipinski definition) is 5. The topological polar surface area (TPSA) is 68.5 Å². The Kier molecular flexibility index (Phi) is 3.82. The molecule has 0 atom stereocenters. The lowest BCUT2D eigenvalue weighted by Gasteiger charge is -2.31. The Balaban J connectivity index is 1.94. The van der Waals surface area contributed by atoms with E-state index in [0.29, 0.717) is 23.8 Å². The number of rotatable bonds is 2. The van der Waals surface area contributed by atoms with Gasteiger partial charge in [0.2, 0.25) is 0 Å². The van der Waals surface area contributed by atoms with Crippen LogP contribution in [0.15, 0.2) is 12.3 Å². The highest BCUT2D eigenvalue weighted by molar-refractivity contribution is 7.21. The third kappa shape index (κ3) is 2.49. The fourth-order valence-electron chi connectivity index (χ4n) is 2.76. The predicted octanol–water partition coefficient (Wildman–Crippen LogP) is 2.44. The fourth-order valence-corrected chi connectivity index (χ4v) is 3.88. The van der Waals surface area contributed by atoms with Crippen LogP contribution in [0.5, 0.6) is 0 Å². The molecule has 1 aliphatic rings. The summed E-state index contributed by atoms with van der Waals surface area (Å²) in [7, 11) is 1.85. The Morgan fingerprint density at radius 3 is 2.86 bits per heavy atom. The smallest absolute Gasteiger partial charge is 0.266 e. The molecule has 0 aromatic carbocycles. The highest BCUT2D eigenvalue weighted by Crippen LogP contribution is 2.35. The first-order chi connectivity index (χ1) is 10.1. The van der Waals surface area contributed by atoms with Crippen molar-refractivity contribution in [3.63, 3.8) is 0 Å². The molecular formula is C15H19N3O2S. The number of nitrogen functional groups attached to an aromatic ring is 1. The van der Waals surface area contributed by atoms with Gasteiger partial charge in [-0.2, -0.15) is 0 Å². The Labute approximate surface area is 127 Å². The van der Waals surface area contributed by atoms with Crippen LogP contribution in [-0.4, -0.2) is 42.1 Å². The van der Waals surface area contributed by atoms with Crippen LogP contribution in [0.4, 0.5) is 5.69 Å². The summed E-state index contributed by atoms with van der Waals surface area (Å²) < 4.78 is 5.35. The summed E-state index contributed by atoms with van der Waals surface area (Å²) in [6.07, 6.45) is 3.51. The molecule has 6 heteroatoms. The summed E-state index contributed by atoms with van der Waals surface area (Å²) in [5, 5.41) is 0.909. The number of fused-ring (bicyclic) bond motifs is 1. The molecular weight excluding hydrogens is 286 g/mol. The summed E-state index contributed by atoms with van der Waals surface area (Å²) in [5.41, 5.74) is 7.82. The lowest BCUT2D eigenvalue weighted by atomic mass is 10.1. The van der Waals surface area contributed by atoms with E-state index in [2.05, 4.69) is 4.98 Å². The molecule has 2 aromatic rings. The van der Waals surface area contributed by atoms with Crippen LogP contribution in [0.1, 0.15) is 28.1 Å². The monoisotopic (exact) mass is 305 g/mol. The number of aromatic nitrogens is 1. The number of ether oxygens (including phenoxy) is 1. The number of thiophene rings is 1. The van der Waals surface area contributed by atoms with Crippen LogP contribution in [0.3, 0.4) is 0 Å². The molecule has 1 amide bonds. The summed E-state index contributed by atoms with van der Waals surface area (Å²) in [6, 6.07) is 2.15. The van der Waals surface area contributed by atoms with Crippen LogP contribution in [0.2, 0.25) is 0 Å². The minimum Gasteiger partial charge on any atom is -0.397 e. The maximum Gasteiger partial charge on any atom is 0.266 e. The highest BCUT2D eigenvalue weighted by atomic mass is 32.1.